The molecule has 3 N–H and O–H groups in total. The molecule has 0 saturated carbocycles. The minimum Gasteiger partial charge on any atom is -0.351 e. The number of carbonyl (C=O) groups excluding carboxylic acids is 1. The molecule has 1 rings (SSSR count). The van der Waals surface area contributed by atoms with Gasteiger partial charge in [-0.25, -0.2) is 0 Å². The van der Waals surface area contributed by atoms with Gasteiger partial charge < -0.3 is 11.1 Å². The van der Waals surface area contributed by atoms with Crippen molar-refractivity contribution in [2.24, 2.45) is 11.7 Å². The van der Waals surface area contributed by atoms with Crippen LogP contribution in [0.3, 0.4) is 0 Å². The molecule has 1 aromatic heterocycles. The highest BCUT2D eigenvalue weighted by atomic mass is 16.2. The lowest BCUT2D eigenvalue weighted by Gasteiger charge is -2.15. The van der Waals surface area contributed by atoms with Gasteiger partial charge in [-0.15, -0.1) is 0 Å². The Balaban J connectivity index is 2.41. The fourth-order valence-corrected chi connectivity index (χ4v) is 1.11. The standard InChI is InChI=1S/C11H17N3O/c1-8(2)10(12)11(15)14-7-9-4-3-5-13-6-9/h3-6,8,10H,7,12H2,1-2H3,(H,14,15)/t10-/m0/s1. The summed E-state index contributed by atoms with van der Waals surface area (Å²) in [4.78, 5) is 15.5. The molecule has 0 bridgehead atoms. The number of nitrogens with zero attached hydrogens (tertiary/aromatic N) is 1. The predicted molar refractivity (Wildman–Crippen MR) is 58.9 cm³/mol. The molecule has 4 heteroatoms. The van der Waals surface area contributed by atoms with E-state index in [-0.39, 0.29) is 11.8 Å². The molecule has 4 nitrogen and oxygen atoms in total. The van der Waals surface area contributed by atoms with E-state index in [1.807, 2.05) is 26.0 Å². The lowest BCUT2D eigenvalue weighted by molar-refractivity contribution is -0.123. The largest absolute Gasteiger partial charge is 0.351 e. The van der Waals surface area contributed by atoms with Crippen molar-refractivity contribution < 1.29 is 4.79 Å². The van der Waals surface area contributed by atoms with E-state index < -0.39 is 6.04 Å². The number of nitrogens with two attached hydrogens (primary N) is 1. The van der Waals surface area contributed by atoms with E-state index >= 15 is 0 Å². The van der Waals surface area contributed by atoms with Gasteiger partial charge in [0.05, 0.1) is 6.04 Å². The molecule has 0 saturated heterocycles. The van der Waals surface area contributed by atoms with Gasteiger partial charge in [0.1, 0.15) is 0 Å². The molecule has 0 aliphatic rings. The van der Waals surface area contributed by atoms with Crippen LogP contribution < -0.4 is 11.1 Å². The van der Waals surface area contributed by atoms with Crippen LogP contribution in [0, 0.1) is 5.92 Å². The number of nitrogens with one attached hydrogen (secondary N) is 1. The maximum absolute atomic E-state index is 11.5. The van der Waals surface area contributed by atoms with E-state index in [1.54, 1.807) is 12.4 Å². The molecule has 1 aromatic rings. The van der Waals surface area contributed by atoms with Gasteiger partial charge in [-0.3, -0.25) is 9.78 Å². The Hall–Kier alpha value is -1.42. The Morgan fingerprint density at radius 2 is 2.33 bits per heavy atom. The van der Waals surface area contributed by atoms with Gasteiger partial charge in [0.15, 0.2) is 0 Å². The van der Waals surface area contributed by atoms with Crippen molar-refractivity contribution in [3.05, 3.63) is 30.1 Å². The molecule has 82 valence electrons. The number of carbonyl (C=O) groups is 1. The van der Waals surface area contributed by atoms with Crippen molar-refractivity contribution in [2.45, 2.75) is 26.4 Å². The van der Waals surface area contributed by atoms with E-state index in [4.69, 9.17) is 5.73 Å². The van der Waals surface area contributed by atoms with Crippen LogP contribution in [0.2, 0.25) is 0 Å². The average Bonchev–Trinajstić information content (AvgIpc) is 2.26. The second kappa shape index (κ2) is 5.46. The fourth-order valence-electron chi connectivity index (χ4n) is 1.11. The van der Waals surface area contributed by atoms with Crippen LogP contribution in [0.1, 0.15) is 19.4 Å². The predicted octanol–water partition coefficient (Wildman–Crippen LogP) is 0.681. The van der Waals surface area contributed by atoms with E-state index in [0.717, 1.165) is 5.56 Å². The first-order valence-corrected chi connectivity index (χ1v) is 5.03. The quantitative estimate of drug-likeness (QED) is 0.763. The average molecular weight is 207 g/mol. The van der Waals surface area contributed by atoms with Gasteiger partial charge in [-0.05, 0) is 17.5 Å². The van der Waals surface area contributed by atoms with E-state index in [0.29, 0.717) is 6.54 Å². The van der Waals surface area contributed by atoms with Crippen LogP contribution in [0.15, 0.2) is 24.5 Å². The molecule has 0 fully saturated rings. The summed E-state index contributed by atoms with van der Waals surface area (Å²) in [5.74, 6) is 0.0350. The molecular formula is C11H17N3O. The number of amides is 1. The smallest absolute Gasteiger partial charge is 0.237 e. The number of pyridine rings is 1. The number of rotatable bonds is 4. The lowest BCUT2D eigenvalue weighted by Crippen LogP contribution is -2.43. The Labute approximate surface area is 89.9 Å². The minimum absolute atomic E-state index is 0.117. The summed E-state index contributed by atoms with van der Waals surface area (Å²) < 4.78 is 0. The number of hydrogen-bond donors (Lipinski definition) is 2. The Morgan fingerprint density at radius 3 is 2.87 bits per heavy atom. The highest BCUT2D eigenvalue weighted by Crippen LogP contribution is 1.99. The fraction of sp³-hybridized carbons (Fsp3) is 0.455. The molecular weight excluding hydrogens is 190 g/mol. The van der Waals surface area contributed by atoms with Gasteiger partial charge >= 0.3 is 0 Å². The molecule has 0 unspecified atom stereocenters. The first-order chi connectivity index (χ1) is 7.11. The molecule has 1 atom stereocenters. The minimum atomic E-state index is -0.443. The normalized spacial score (nSPS) is 12.5. The van der Waals surface area contributed by atoms with Crippen LogP contribution in [0.25, 0.3) is 0 Å². The molecule has 0 radical (unpaired) electrons. The van der Waals surface area contributed by atoms with Crippen molar-refractivity contribution in [3.63, 3.8) is 0 Å². The van der Waals surface area contributed by atoms with Crippen LogP contribution in [0.4, 0.5) is 0 Å². The van der Waals surface area contributed by atoms with E-state index in [9.17, 15) is 4.79 Å². The van der Waals surface area contributed by atoms with Crippen LogP contribution in [-0.2, 0) is 11.3 Å². The third-order valence-electron chi connectivity index (χ3n) is 2.21. The first-order valence-electron chi connectivity index (χ1n) is 5.03. The zero-order valence-corrected chi connectivity index (χ0v) is 9.10. The lowest BCUT2D eigenvalue weighted by atomic mass is 10.1. The van der Waals surface area contributed by atoms with Gasteiger partial charge in [0.25, 0.3) is 0 Å². The molecule has 1 heterocycles. The van der Waals surface area contributed by atoms with Crippen LogP contribution in [-0.4, -0.2) is 16.9 Å². The molecule has 0 spiro atoms. The van der Waals surface area contributed by atoms with Crippen LogP contribution in [0.5, 0.6) is 0 Å². The Morgan fingerprint density at radius 1 is 1.60 bits per heavy atom. The zero-order chi connectivity index (χ0) is 11.3. The van der Waals surface area contributed by atoms with Crippen molar-refractivity contribution in [1.82, 2.24) is 10.3 Å². The molecule has 0 aromatic carbocycles. The maximum Gasteiger partial charge on any atom is 0.237 e. The van der Waals surface area contributed by atoms with E-state index in [2.05, 4.69) is 10.3 Å². The summed E-state index contributed by atoms with van der Waals surface area (Å²) in [5.41, 5.74) is 6.67. The zero-order valence-electron chi connectivity index (χ0n) is 9.10. The van der Waals surface area contributed by atoms with Gasteiger partial charge in [-0.2, -0.15) is 0 Å². The summed E-state index contributed by atoms with van der Waals surface area (Å²) in [5, 5.41) is 2.78. The molecule has 0 aliphatic carbocycles. The summed E-state index contributed by atoms with van der Waals surface area (Å²) in [6.45, 7) is 4.33. The van der Waals surface area contributed by atoms with Crippen LogP contribution >= 0.6 is 0 Å². The second-order valence-electron chi connectivity index (χ2n) is 3.85. The molecule has 15 heavy (non-hydrogen) atoms. The Bertz CT molecular complexity index is 311. The SMILES string of the molecule is CC(C)[C@H](N)C(=O)NCc1cccnc1. The number of hydrogen-bond acceptors (Lipinski definition) is 3. The molecule has 0 aliphatic heterocycles. The summed E-state index contributed by atoms with van der Waals surface area (Å²) in [7, 11) is 0. The third kappa shape index (κ3) is 3.67. The van der Waals surface area contributed by atoms with Crippen molar-refractivity contribution in [2.75, 3.05) is 0 Å². The number of aromatic nitrogens is 1. The molecule has 1 amide bonds. The highest BCUT2D eigenvalue weighted by Gasteiger charge is 2.16. The summed E-state index contributed by atoms with van der Waals surface area (Å²) in [6.07, 6.45) is 3.42. The third-order valence-corrected chi connectivity index (χ3v) is 2.21. The Kier molecular flexibility index (Phi) is 4.24. The topological polar surface area (TPSA) is 68.0 Å². The summed E-state index contributed by atoms with van der Waals surface area (Å²) >= 11 is 0. The van der Waals surface area contributed by atoms with Crippen molar-refractivity contribution in [1.29, 1.82) is 0 Å². The van der Waals surface area contributed by atoms with Gasteiger partial charge in [0, 0.05) is 18.9 Å². The summed E-state index contributed by atoms with van der Waals surface area (Å²) in [6, 6.07) is 3.31. The van der Waals surface area contributed by atoms with Crippen molar-refractivity contribution in [3.8, 4) is 0 Å². The monoisotopic (exact) mass is 207 g/mol. The highest BCUT2D eigenvalue weighted by molar-refractivity contribution is 5.81. The maximum atomic E-state index is 11.5. The first kappa shape index (κ1) is 11.7. The van der Waals surface area contributed by atoms with Crippen molar-refractivity contribution >= 4 is 5.91 Å². The van der Waals surface area contributed by atoms with Gasteiger partial charge in [-0.1, -0.05) is 19.9 Å². The second-order valence-corrected chi connectivity index (χ2v) is 3.85. The van der Waals surface area contributed by atoms with E-state index in [1.165, 1.54) is 0 Å². The van der Waals surface area contributed by atoms with Gasteiger partial charge in [0.2, 0.25) is 5.91 Å².